The number of allylic oxidation sites excluding steroid dienone is 14. The smallest absolute Gasteiger partial charge is 0.158 e. The van der Waals surface area contributed by atoms with Crippen molar-refractivity contribution >= 4 is 12.6 Å². The van der Waals surface area contributed by atoms with Gasteiger partial charge in [0.15, 0.2) is 5.84 Å². The van der Waals surface area contributed by atoms with E-state index in [0.29, 0.717) is 25.1 Å². The van der Waals surface area contributed by atoms with Crippen LogP contribution in [0.1, 0.15) is 56.7 Å². The van der Waals surface area contributed by atoms with Crippen LogP contribution in [0, 0.1) is 18.3 Å². The number of terminal acetylenes is 1. The van der Waals surface area contributed by atoms with Crippen LogP contribution >= 0.6 is 0 Å². The highest BCUT2D eigenvalue weighted by Gasteiger charge is 2.41. The molecule has 1 aliphatic heterocycles. The molecule has 0 saturated heterocycles. The summed E-state index contributed by atoms with van der Waals surface area (Å²) in [7, 11) is 0. The Labute approximate surface area is 306 Å². The maximum atomic E-state index is 6.04. The van der Waals surface area contributed by atoms with Crippen LogP contribution in [0.3, 0.4) is 0 Å². The van der Waals surface area contributed by atoms with Gasteiger partial charge in [0.1, 0.15) is 0 Å². The lowest BCUT2D eigenvalue weighted by atomic mass is 9.82. The summed E-state index contributed by atoms with van der Waals surface area (Å²) in [6.45, 7) is 18.8. The molecule has 2 aromatic carbocycles. The van der Waals surface area contributed by atoms with Crippen molar-refractivity contribution in [3.63, 3.8) is 0 Å². The Morgan fingerprint density at radius 2 is 1.78 bits per heavy atom. The molecule has 2 aliphatic carbocycles. The van der Waals surface area contributed by atoms with E-state index >= 15 is 0 Å². The lowest BCUT2D eigenvalue weighted by Crippen LogP contribution is -2.32. The van der Waals surface area contributed by atoms with Gasteiger partial charge in [0.2, 0.25) is 0 Å². The number of fused-ring (bicyclic) bond motifs is 2. The van der Waals surface area contributed by atoms with Crippen molar-refractivity contribution in [1.29, 1.82) is 0 Å². The quantitative estimate of drug-likeness (QED) is 0.0904. The SMILES string of the molecule is C#CCC1=C(/C=C2\Cc3ccccc3C2(C)C)N(C(/C=C\C/C(=C/CC(=C)/C=C\C=C/C)N=C(N=C)c2ccccc2)=C/C=C)C2C=CC=CC12. The first-order valence-corrected chi connectivity index (χ1v) is 17.7. The fourth-order valence-electron chi connectivity index (χ4n) is 7.07. The molecule has 0 radical (unpaired) electrons. The van der Waals surface area contributed by atoms with E-state index in [9.17, 15) is 0 Å². The van der Waals surface area contributed by atoms with E-state index in [1.165, 1.54) is 28.0 Å². The van der Waals surface area contributed by atoms with Crippen molar-refractivity contribution in [3.05, 3.63) is 203 Å². The summed E-state index contributed by atoms with van der Waals surface area (Å²) in [6, 6.07) is 18.9. The fourth-order valence-corrected chi connectivity index (χ4v) is 7.07. The van der Waals surface area contributed by atoms with E-state index in [4.69, 9.17) is 11.4 Å². The van der Waals surface area contributed by atoms with Gasteiger partial charge >= 0.3 is 0 Å². The van der Waals surface area contributed by atoms with Gasteiger partial charge in [-0.15, -0.1) is 12.3 Å². The number of hydrogen-bond acceptors (Lipinski definition) is 2. The number of hydrogen-bond donors (Lipinski definition) is 0. The van der Waals surface area contributed by atoms with Gasteiger partial charge in [-0.2, -0.15) is 0 Å². The molecule has 0 saturated carbocycles. The topological polar surface area (TPSA) is 28.0 Å². The molecular formula is C48H49N3. The van der Waals surface area contributed by atoms with Crippen molar-refractivity contribution < 1.29 is 0 Å². The minimum atomic E-state index is -0.0898. The molecule has 0 spiro atoms. The van der Waals surface area contributed by atoms with Gasteiger partial charge in [-0.25, -0.2) is 9.98 Å². The first-order valence-electron chi connectivity index (χ1n) is 17.7. The second-order valence-corrected chi connectivity index (χ2v) is 13.4. The Hall–Kier alpha value is -5.72. The standard InChI is InChI=1S/C48H49N3/c1-8-11-13-23-36(4)32-33-40(50-47(49-7)37-24-14-12-15-25-37)27-20-28-41(21-9-2)51-45-31-19-17-29-43(45)42(22-10-3)46(51)35-39-34-38-26-16-18-30-44(38)48(39,5)6/h3,8-9,11-21,23-26,28-31,33,35,43,45H,2,4,7,22,27,32,34H2,1,5-6H3/b11-8-,23-13-,28-20-,39-35+,40-33-,41-21+,50-47?. The first-order chi connectivity index (χ1) is 24.8. The van der Waals surface area contributed by atoms with Gasteiger partial charge in [-0.3, -0.25) is 0 Å². The van der Waals surface area contributed by atoms with E-state index in [1.807, 2.05) is 67.6 Å². The maximum Gasteiger partial charge on any atom is 0.158 e. The third-order valence-electron chi connectivity index (χ3n) is 9.72. The zero-order valence-electron chi connectivity index (χ0n) is 30.3. The second kappa shape index (κ2) is 17.3. The number of benzene rings is 2. The summed E-state index contributed by atoms with van der Waals surface area (Å²) in [5.41, 5.74) is 10.4. The van der Waals surface area contributed by atoms with Crippen LogP contribution in [0.5, 0.6) is 0 Å². The first kappa shape index (κ1) is 36.6. The number of amidine groups is 1. The fraction of sp³-hybridized carbons (Fsp3) is 0.208. The average molecular weight is 668 g/mol. The Morgan fingerprint density at radius 3 is 2.51 bits per heavy atom. The molecule has 2 unspecified atom stereocenters. The van der Waals surface area contributed by atoms with Crippen LogP contribution in [0.4, 0.5) is 0 Å². The Balaban J connectivity index is 1.53. The molecule has 5 rings (SSSR count). The molecule has 3 heteroatoms. The monoisotopic (exact) mass is 667 g/mol. The van der Waals surface area contributed by atoms with E-state index in [2.05, 4.69) is 128 Å². The minimum Gasteiger partial charge on any atom is -0.334 e. The normalized spacial score (nSPS) is 20.9. The van der Waals surface area contributed by atoms with Crippen LogP contribution < -0.4 is 0 Å². The van der Waals surface area contributed by atoms with Gasteiger partial charge < -0.3 is 4.90 Å². The molecule has 3 aliphatic rings. The zero-order valence-corrected chi connectivity index (χ0v) is 30.3. The lowest BCUT2D eigenvalue weighted by Gasteiger charge is -2.32. The largest absolute Gasteiger partial charge is 0.334 e. The van der Waals surface area contributed by atoms with Crippen LogP contribution in [0.25, 0.3) is 0 Å². The summed E-state index contributed by atoms with van der Waals surface area (Å²) in [6.07, 6.45) is 38.5. The van der Waals surface area contributed by atoms with E-state index in [0.717, 1.165) is 29.0 Å². The van der Waals surface area contributed by atoms with Gasteiger partial charge in [-0.05, 0) is 61.4 Å². The molecule has 0 fully saturated rings. The van der Waals surface area contributed by atoms with Crippen molar-refractivity contribution in [2.45, 2.75) is 57.9 Å². The molecule has 0 bridgehead atoms. The maximum absolute atomic E-state index is 6.04. The van der Waals surface area contributed by atoms with Crippen molar-refractivity contribution in [2.75, 3.05) is 0 Å². The summed E-state index contributed by atoms with van der Waals surface area (Å²) >= 11 is 0. The highest BCUT2D eigenvalue weighted by molar-refractivity contribution is 6.01. The third-order valence-corrected chi connectivity index (χ3v) is 9.72. The molecule has 0 amide bonds. The molecule has 2 atom stereocenters. The molecule has 256 valence electrons. The summed E-state index contributed by atoms with van der Waals surface area (Å²) in [5, 5.41) is 0. The number of rotatable bonds is 13. The van der Waals surface area contributed by atoms with Crippen LogP contribution in [0.15, 0.2) is 197 Å². The second-order valence-electron chi connectivity index (χ2n) is 13.4. The van der Waals surface area contributed by atoms with Gasteiger partial charge in [-0.1, -0.05) is 160 Å². The van der Waals surface area contributed by atoms with E-state index in [1.54, 1.807) is 0 Å². The van der Waals surface area contributed by atoms with Gasteiger partial charge in [0.05, 0.1) is 6.04 Å². The van der Waals surface area contributed by atoms with Gasteiger partial charge in [0.25, 0.3) is 0 Å². The predicted molar refractivity (Wildman–Crippen MR) is 219 cm³/mol. The van der Waals surface area contributed by atoms with Crippen LogP contribution in [-0.2, 0) is 11.8 Å². The minimum absolute atomic E-state index is 0.0898. The lowest BCUT2D eigenvalue weighted by molar-refractivity contribution is 0.380. The predicted octanol–water partition coefficient (Wildman–Crippen LogP) is 11.3. The van der Waals surface area contributed by atoms with Crippen molar-refractivity contribution in [3.8, 4) is 12.3 Å². The average Bonchev–Trinajstić information content (AvgIpc) is 3.58. The number of nitrogens with zero attached hydrogens (tertiary/aromatic N) is 3. The van der Waals surface area contributed by atoms with Gasteiger partial charge in [0, 0.05) is 46.8 Å². The highest BCUT2D eigenvalue weighted by atomic mass is 15.2. The number of aliphatic imine (C=N–C) groups is 2. The van der Waals surface area contributed by atoms with Crippen molar-refractivity contribution in [2.24, 2.45) is 15.9 Å². The third kappa shape index (κ3) is 8.54. The zero-order chi connectivity index (χ0) is 36.2. The Kier molecular flexibility index (Phi) is 12.4. The molecule has 1 heterocycles. The summed E-state index contributed by atoms with van der Waals surface area (Å²) in [5.74, 6) is 3.75. The van der Waals surface area contributed by atoms with Crippen LogP contribution in [-0.4, -0.2) is 23.5 Å². The molecule has 51 heavy (non-hydrogen) atoms. The van der Waals surface area contributed by atoms with Crippen molar-refractivity contribution in [1.82, 2.24) is 4.90 Å². The molecule has 0 aromatic heterocycles. The molecular weight excluding hydrogens is 619 g/mol. The molecule has 2 aromatic rings. The highest BCUT2D eigenvalue weighted by Crippen LogP contribution is 2.47. The summed E-state index contributed by atoms with van der Waals surface area (Å²) in [4.78, 5) is 11.7. The molecule has 3 nitrogen and oxygen atoms in total. The van der Waals surface area contributed by atoms with E-state index in [-0.39, 0.29) is 17.4 Å². The Morgan fingerprint density at radius 1 is 1.02 bits per heavy atom. The Bertz CT molecular complexity index is 1990. The van der Waals surface area contributed by atoms with E-state index < -0.39 is 0 Å². The summed E-state index contributed by atoms with van der Waals surface area (Å²) < 4.78 is 0. The van der Waals surface area contributed by atoms with Crippen LogP contribution in [0.2, 0.25) is 0 Å². The molecule has 0 N–H and O–H groups in total.